The van der Waals surface area contributed by atoms with E-state index in [1.54, 1.807) is 10.9 Å². The maximum atomic E-state index is 12.0. The molecule has 2 heterocycles. The maximum Gasteiger partial charge on any atom is 0.273 e. The van der Waals surface area contributed by atoms with Crippen molar-refractivity contribution in [1.82, 2.24) is 24.9 Å². The van der Waals surface area contributed by atoms with Gasteiger partial charge in [-0.1, -0.05) is 0 Å². The van der Waals surface area contributed by atoms with Crippen molar-refractivity contribution in [3.63, 3.8) is 0 Å². The predicted octanol–water partition coefficient (Wildman–Crippen LogP) is -0.538. The van der Waals surface area contributed by atoms with Crippen LogP contribution in [0.5, 0.6) is 0 Å². The molecule has 7 nitrogen and oxygen atoms in total. The molecule has 3 N–H and O–H groups in total. The highest BCUT2D eigenvalue weighted by Gasteiger charge is 2.16. The molecule has 1 saturated heterocycles. The van der Waals surface area contributed by atoms with Crippen molar-refractivity contribution in [2.24, 2.45) is 0 Å². The molecule has 0 bridgehead atoms. The number of aryl methyl sites for hydroxylation is 1. The Kier molecular flexibility index (Phi) is 4.97. The third-order valence-electron chi connectivity index (χ3n) is 3.64. The van der Waals surface area contributed by atoms with Crippen LogP contribution in [0, 0.1) is 0 Å². The summed E-state index contributed by atoms with van der Waals surface area (Å²) in [5.41, 5.74) is 6.55. The summed E-state index contributed by atoms with van der Waals surface area (Å²) in [6.45, 7) is 8.44. The molecule has 1 amide bonds. The number of rotatable bonds is 5. The number of carbonyl (C=O) groups excluding carboxylic acids is 1. The highest BCUT2D eigenvalue weighted by atomic mass is 16.2. The van der Waals surface area contributed by atoms with E-state index in [4.69, 9.17) is 5.73 Å². The second-order valence-corrected chi connectivity index (χ2v) is 5.19. The minimum Gasteiger partial charge on any atom is -0.396 e. The number of nitrogens with one attached hydrogen (secondary N) is 1. The molecule has 0 saturated carbocycles. The Bertz CT molecular complexity index is 450. The molecule has 0 radical (unpaired) electrons. The molecule has 0 spiro atoms. The monoisotopic (exact) mass is 280 g/mol. The summed E-state index contributed by atoms with van der Waals surface area (Å²) in [5, 5.41) is 7.05. The number of aromatic nitrogens is 2. The number of hydrogen-bond acceptors (Lipinski definition) is 5. The largest absolute Gasteiger partial charge is 0.396 e. The van der Waals surface area contributed by atoms with Crippen LogP contribution in [-0.2, 0) is 6.54 Å². The first-order chi connectivity index (χ1) is 9.60. The highest BCUT2D eigenvalue weighted by molar-refractivity contribution is 5.96. The number of nitrogen functional groups attached to an aromatic ring is 1. The summed E-state index contributed by atoms with van der Waals surface area (Å²) in [5.74, 6) is -0.191. The van der Waals surface area contributed by atoms with Gasteiger partial charge in [0.1, 0.15) is 0 Å². The van der Waals surface area contributed by atoms with E-state index in [2.05, 4.69) is 27.3 Å². The lowest BCUT2D eigenvalue weighted by atomic mass is 10.3. The topological polar surface area (TPSA) is 79.4 Å². The van der Waals surface area contributed by atoms with Crippen LogP contribution in [0.3, 0.4) is 0 Å². The zero-order chi connectivity index (χ0) is 14.5. The molecule has 0 aromatic carbocycles. The van der Waals surface area contributed by atoms with Gasteiger partial charge in [0, 0.05) is 52.0 Å². The van der Waals surface area contributed by atoms with E-state index < -0.39 is 0 Å². The van der Waals surface area contributed by atoms with Gasteiger partial charge >= 0.3 is 0 Å². The van der Waals surface area contributed by atoms with Gasteiger partial charge in [0.15, 0.2) is 5.69 Å². The molecule has 1 aliphatic heterocycles. The summed E-state index contributed by atoms with van der Waals surface area (Å²) < 4.78 is 1.67. The van der Waals surface area contributed by atoms with Crippen LogP contribution in [0.25, 0.3) is 0 Å². The van der Waals surface area contributed by atoms with Crippen molar-refractivity contribution in [2.45, 2.75) is 13.5 Å². The number of carbonyl (C=O) groups is 1. The van der Waals surface area contributed by atoms with Gasteiger partial charge in [0.25, 0.3) is 5.91 Å². The van der Waals surface area contributed by atoms with Gasteiger partial charge in [-0.25, -0.2) is 0 Å². The smallest absolute Gasteiger partial charge is 0.273 e. The summed E-state index contributed by atoms with van der Waals surface area (Å²) in [4.78, 5) is 16.7. The lowest BCUT2D eigenvalue weighted by molar-refractivity contribution is 0.0936. The summed E-state index contributed by atoms with van der Waals surface area (Å²) in [6.07, 6.45) is 1.69. The molecular weight excluding hydrogens is 256 g/mol. The van der Waals surface area contributed by atoms with Gasteiger partial charge in [-0.15, -0.1) is 0 Å². The molecule has 1 aliphatic rings. The highest BCUT2D eigenvalue weighted by Crippen LogP contribution is 2.08. The molecule has 1 fully saturated rings. The van der Waals surface area contributed by atoms with Crippen LogP contribution in [0.1, 0.15) is 17.4 Å². The molecule has 0 unspecified atom stereocenters. The molecule has 2 rings (SSSR count). The van der Waals surface area contributed by atoms with Gasteiger partial charge in [0.2, 0.25) is 0 Å². The van der Waals surface area contributed by atoms with Crippen molar-refractivity contribution >= 4 is 11.6 Å². The van der Waals surface area contributed by atoms with E-state index in [-0.39, 0.29) is 5.91 Å². The van der Waals surface area contributed by atoms with E-state index >= 15 is 0 Å². The average molecular weight is 280 g/mol. The molecule has 1 aromatic heterocycles. The van der Waals surface area contributed by atoms with Gasteiger partial charge in [0.05, 0.1) is 5.69 Å². The fourth-order valence-electron chi connectivity index (χ4n) is 2.26. The normalized spacial score (nSPS) is 17.3. The van der Waals surface area contributed by atoms with Crippen LogP contribution in [0.4, 0.5) is 5.69 Å². The number of anilines is 1. The van der Waals surface area contributed by atoms with Crippen molar-refractivity contribution in [2.75, 3.05) is 52.0 Å². The van der Waals surface area contributed by atoms with Crippen molar-refractivity contribution < 1.29 is 4.79 Å². The van der Waals surface area contributed by atoms with E-state index in [0.717, 1.165) is 32.7 Å². The molecule has 112 valence electrons. The molecule has 20 heavy (non-hydrogen) atoms. The van der Waals surface area contributed by atoms with Crippen LogP contribution in [-0.4, -0.2) is 71.8 Å². The third-order valence-corrected chi connectivity index (χ3v) is 3.64. The molecule has 0 aliphatic carbocycles. The standard InChI is InChI=1S/C13H24N6O/c1-3-19-10-11(14)12(16-19)13(20)15-4-5-18-8-6-17(2)7-9-18/h10H,3-9,14H2,1-2H3,(H,15,20). The molecular formula is C13H24N6O. The molecule has 1 aromatic rings. The quantitative estimate of drug-likeness (QED) is 0.757. The van der Waals surface area contributed by atoms with Crippen LogP contribution in [0.15, 0.2) is 6.20 Å². The maximum absolute atomic E-state index is 12.0. The fraction of sp³-hybridized carbons (Fsp3) is 0.692. The Balaban J connectivity index is 1.76. The first-order valence-corrected chi connectivity index (χ1v) is 7.12. The number of nitrogens with two attached hydrogens (primary N) is 1. The van der Waals surface area contributed by atoms with Gasteiger partial charge < -0.3 is 16.0 Å². The number of likely N-dealkylation sites (N-methyl/N-ethyl adjacent to an activating group) is 1. The summed E-state index contributed by atoms with van der Waals surface area (Å²) in [7, 11) is 2.13. The van der Waals surface area contributed by atoms with Crippen molar-refractivity contribution in [1.29, 1.82) is 0 Å². The van der Waals surface area contributed by atoms with Crippen LogP contribution >= 0.6 is 0 Å². The lowest BCUT2D eigenvalue weighted by Crippen LogP contribution is -2.46. The van der Waals surface area contributed by atoms with E-state index in [1.165, 1.54) is 0 Å². The van der Waals surface area contributed by atoms with E-state index in [9.17, 15) is 4.79 Å². The minimum absolute atomic E-state index is 0.191. The van der Waals surface area contributed by atoms with Gasteiger partial charge in [-0.3, -0.25) is 14.4 Å². The number of hydrogen-bond donors (Lipinski definition) is 2. The fourth-order valence-corrected chi connectivity index (χ4v) is 2.26. The lowest BCUT2D eigenvalue weighted by Gasteiger charge is -2.32. The second-order valence-electron chi connectivity index (χ2n) is 5.19. The predicted molar refractivity (Wildman–Crippen MR) is 78.6 cm³/mol. The van der Waals surface area contributed by atoms with E-state index in [0.29, 0.717) is 24.5 Å². The Morgan fingerprint density at radius 2 is 2.10 bits per heavy atom. The Labute approximate surface area is 119 Å². The average Bonchev–Trinajstić information content (AvgIpc) is 2.82. The number of nitrogens with zero attached hydrogens (tertiary/aromatic N) is 4. The van der Waals surface area contributed by atoms with Crippen molar-refractivity contribution in [3.8, 4) is 0 Å². The Morgan fingerprint density at radius 1 is 1.40 bits per heavy atom. The first-order valence-electron chi connectivity index (χ1n) is 7.12. The summed E-state index contributed by atoms with van der Waals surface area (Å²) in [6, 6.07) is 0. The molecule has 0 atom stereocenters. The minimum atomic E-state index is -0.191. The summed E-state index contributed by atoms with van der Waals surface area (Å²) >= 11 is 0. The number of piperazine rings is 1. The van der Waals surface area contributed by atoms with Gasteiger partial charge in [-0.2, -0.15) is 5.10 Å². The van der Waals surface area contributed by atoms with Crippen LogP contribution in [0.2, 0.25) is 0 Å². The zero-order valence-electron chi connectivity index (χ0n) is 12.3. The van der Waals surface area contributed by atoms with Crippen molar-refractivity contribution in [3.05, 3.63) is 11.9 Å². The Hall–Kier alpha value is -1.60. The Morgan fingerprint density at radius 3 is 2.70 bits per heavy atom. The van der Waals surface area contributed by atoms with Crippen LogP contribution < -0.4 is 11.1 Å². The third kappa shape index (κ3) is 3.71. The molecule has 7 heteroatoms. The SMILES string of the molecule is CCn1cc(N)c(C(=O)NCCN2CCN(C)CC2)n1. The first kappa shape index (κ1) is 14.8. The second kappa shape index (κ2) is 6.71. The van der Waals surface area contributed by atoms with E-state index in [1.807, 2.05) is 6.92 Å². The zero-order valence-corrected chi connectivity index (χ0v) is 12.3. The number of amides is 1. The van der Waals surface area contributed by atoms with Gasteiger partial charge in [-0.05, 0) is 14.0 Å².